The first-order chi connectivity index (χ1) is 9.66. The van der Waals surface area contributed by atoms with Gasteiger partial charge in [0.05, 0.1) is 12.9 Å². The number of ether oxygens (including phenoxy) is 4. The van der Waals surface area contributed by atoms with Gasteiger partial charge < -0.3 is 18.9 Å². The van der Waals surface area contributed by atoms with Crippen molar-refractivity contribution in [2.75, 3.05) is 26.4 Å². The molecule has 0 N–H and O–H groups in total. The molecular formula is C16H32O4. The van der Waals surface area contributed by atoms with Gasteiger partial charge in [-0.2, -0.15) is 0 Å². The van der Waals surface area contributed by atoms with E-state index in [-0.39, 0.29) is 5.92 Å². The normalized spacial score (nSPS) is 13.8. The molecule has 0 aliphatic carbocycles. The van der Waals surface area contributed by atoms with Crippen molar-refractivity contribution in [3.05, 3.63) is 12.3 Å². The first kappa shape index (κ1) is 19.4. The molecule has 0 radical (unpaired) electrons. The molecule has 0 amide bonds. The number of hydrogen-bond donors (Lipinski definition) is 0. The van der Waals surface area contributed by atoms with Gasteiger partial charge in [-0.1, -0.05) is 19.9 Å². The summed E-state index contributed by atoms with van der Waals surface area (Å²) in [5.74, 6) is -0.765. The van der Waals surface area contributed by atoms with Crippen LogP contribution < -0.4 is 0 Å². The van der Waals surface area contributed by atoms with Gasteiger partial charge in [-0.25, -0.2) is 0 Å². The molecule has 4 heteroatoms. The van der Waals surface area contributed by atoms with Crippen LogP contribution >= 0.6 is 0 Å². The third kappa shape index (κ3) is 7.27. The van der Waals surface area contributed by atoms with Gasteiger partial charge >= 0.3 is 0 Å². The van der Waals surface area contributed by atoms with Crippen molar-refractivity contribution in [1.82, 2.24) is 0 Å². The lowest BCUT2D eigenvalue weighted by molar-refractivity contribution is -0.400. The highest BCUT2D eigenvalue weighted by atomic mass is 16.9. The fourth-order valence-electron chi connectivity index (χ4n) is 2.04. The Kier molecular flexibility index (Phi) is 11.8. The summed E-state index contributed by atoms with van der Waals surface area (Å²) >= 11 is 0. The smallest absolute Gasteiger partial charge is 0.285 e. The quantitative estimate of drug-likeness (QED) is 0.290. The molecule has 0 saturated heterocycles. The summed E-state index contributed by atoms with van der Waals surface area (Å²) in [7, 11) is 0. The second kappa shape index (κ2) is 12.2. The van der Waals surface area contributed by atoms with Crippen molar-refractivity contribution in [3.63, 3.8) is 0 Å². The molecular weight excluding hydrogens is 256 g/mol. The lowest BCUT2D eigenvalue weighted by Gasteiger charge is -2.37. The molecule has 1 unspecified atom stereocenters. The minimum absolute atomic E-state index is 0.154. The molecule has 0 aliphatic rings. The van der Waals surface area contributed by atoms with E-state index in [9.17, 15) is 0 Å². The molecule has 20 heavy (non-hydrogen) atoms. The second-order valence-corrected chi connectivity index (χ2v) is 4.60. The van der Waals surface area contributed by atoms with Crippen LogP contribution in [-0.4, -0.2) is 32.4 Å². The third-order valence-electron chi connectivity index (χ3n) is 2.97. The highest BCUT2D eigenvalue weighted by molar-refractivity contribution is 4.71. The maximum Gasteiger partial charge on any atom is 0.285 e. The van der Waals surface area contributed by atoms with E-state index in [1.807, 2.05) is 26.8 Å². The van der Waals surface area contributed by atoms with Crippen LogP contribution in [0.15, 0.2) is 12.3 Å². The van der Waals surface area contributed by atoms with Gasteiger partial charge in [0.2, 0.25) is 0 Å². The largest absolute Gasteiger partial charge is 0.502 e. The predicted octanol–water partition coefficient (Wildman–Crippen LogP) is 4.11. The Bertz CT molecular complexity index is 224. The molecule has 120 valence electrons. The molecule has 0 aromatic heterocycles. The maximum atomic E-state index is 5.77. The summed E-state index contributed by atoms with van der Waals surface area (Å²) in [5.41, 5.74) is 0. The number of hydrogen-bond acceptors (Lipinski definition) is 4. The highest BCUT2D eigenvalue weighted by Crippen LogP contribution is 2.29. The van der Waals surface area contributed by atoms with Gasteiger partial charge in [0.15, 0.2) is 0 Å². The number of allylic oxidation sites excluding steroid dienone is 1. The molecule has 0 heterocycles. The Morgan fingerprint density at radius 1 is 0.950 bits per heavy atom. The van der Waals surface area contributed by atoms with Crippen molar-refractivity contribution >= 4 is 0 Å². The Morgan fingerprint density at radius 2 is 1.50 bits per heavy atom. The van der Waals surface area contributed by atoms with Gasteiger partial charge in [0, 0.05) is 25.7 Å². The molecule has 0 aromatic carbocycles. The summed E-state index contributed by atoms with van der Waals surface area (Å²) in [6, 6.07) is 0. The van der Waals surface area contributed by atoms with Crippen LogP contribution in [0.2, 0.25) is 0 Å². The zero-order valence-electron chi connectivity index (χ0n) is 13.8. The van der Waals surface area contributed by atoms with E-state index in [2.05, 4.69) is 13.8 Å². The van der Waals surface area contributed by atoms with Crippen molar-refractivity contribution in [3.8, 4) is 0 Å². The third-order valence-corrected chi connectivity index (χ3v) is 2.97. The maximum absolute atomic E-state index is 5.77. The average Bonchev–Trinajstić information content (AvgIpc) is 2.43. The molecule has 0 spiro atoms. The summed E-state index contributed by atoms with van der Waals surface area (Å²) < 4.78 is 22.7. The molecule has 0 saturated carbocycles. The highest BCUT2D eigenvalue weighted by Gasteiger charge is 2.38. The zero-order valence-corrected chi connectivity index (χ0v) is 13.8. The second-order valence-electron chi connectivity index (χ2n) is 4.60. The molecule has 0 bridgehead atoms. The molecule has 0 aliphatic heterocycles. The van der Waals surface area contributed by atoms with Crippen molar-refractivity contribution in [2.24, 2.45) is 5.92 Å². The van der Waals surface area contributed by atoms with E-state index in [0.717, 1.165) is 19.3 Å². The van der Waals surface area contributed by atoms with E-state index in [1.54, 1.807) is 6.26 Å². The fourth-order valence-corrected chi connectivity index (χ4v) is 2.04. The van der Waals surface area contributed by atoms with Crippen molar-refractivity contribution < 1.29 is 18.9 Å². The van der Waals surface area contributed by atoms with Crippen LogP contribution in [0.3, 0.4) is 0 Å². The van der Waals surface area contributed by atoms with Gasteiger partial charge in [0.1, 0.15) is 0 Å². The lowest BCUT2D eigenvalue weighted by atomic mass is 10.0. The lowest BCUT2D eigenvalue weighted by Crippen LogP contribution is -2.45. The van der Waals surface area contributed by atoms with E-state index in [4.69, 9.17) is 18.9 Å². The summed E-state index contributed by atoms with van der Waals surface area (Å²) in [5, 5.41) is 0. The molecule has 0 rings (SSSR count). The molecule has 0 aromatic rings. The zero-order chi connectivity index (χ0) is 15.3. The van der Waals surface area contributed by atoms with Crippen molar-refractivity contribution in [1.29, 1.82) is 0 Å². The minimum Gasteiger partial charge on any atom is -0.502 e. The fraction of sp³-hybridized carbons (Fsp3) is 0.875. The summed E-state index contributed by atoms with van der Waals surface area (Å²) in [6.45, 7) is 12.5. The molecule has 0 fully saturated rings. The van der Waals surface area contributed by atoms with Gasteiger partial charge in [-0.3, -0.25) is 0 Å². The van der Waals surface area contributed by atoms with Crippen LogP contribution in [0, 0.1) is 5.92 Å². The topological polar surface area (TPSA) is 36.9 Å². The Hall–Kier alpha value is -0.580. The monoisotopic (exact) mass is 288 g/mol. The first-order valence-corrected chi connectivity index (χ1v) is 7.85. The summed E-state index contributed by atoms with van der Waals surface area (Å²) in [4.78, 5) is 0. The van der Waals surface area contributed by atoms with Crippen LogP contribution in [0.5, 0.6) is 0 Å². The average molecular weight is 288 g/mol. The minimum atomic E-state index is -0.919. The van der Waals surface area contributed by atoms with Crippen LogP contribution in [-0.2, 0) is 18.9 Å². The van der Waals surface area contributed by atoms with Gasteiger partial charge in [0.25, 0.3) is 5.97 Å². The first-order valence-electron chi connectivity index (χ1n) is 7.85. The van der Waals surface area contributed by atoms with Crippen LogP contribution in [0.1, 0.15) is 53.9 Å². The predicted molar refractivity (Wildman–Crippen MR) is 81.4 cm³/mol. The Balaban J connectivity index is 4.30. The number of rotatable bonds is 13. The van der Waals surface area contributed by atoms with Gasteiger partial charge in [-0.05, 0) is 40.0 Å². The van der Waals surface area contributed by atoms with Crippen molar-refractivity contribution in [2.45, 2.75) is 59.9 Å². The van der Waals surface area contributed by atoms with E-state index >= 15 is 0 Å². The summed E-state index contributed by atoms with van der Waals surface area (Å²) in [6.07, 6.45) is 6.66. The standard InChI is InChI=1S/C16H32O4/c1-6-10-13-17-14-11-12-15(5)16(18-7-2,19-8-3)20-9-4/h10,13,15H,6-9,11-12,14H2,1-5H3. The molecule has 1 atom stereocenters. The molecule has 4 nitrogen and oxygen atoms in total. The van der Waals surface area contributed by atoms with Crippen LogP contribution in [0.25, 0.3) is 0 Å². The van der Waals surface area contributed by atoms with E-state index in [0.29, 0.717) is 26.4 Å². The van der Waals surface area contributed by atoms with E-state index < -0.39 is 5.97 Å². The van der Waals surface area contributed by atoms with Crippen LogP contribution in [0.4, 0.5) is 0 Å². The Labute approximate surface area is 124 Å². The SMILES string of the molecule is CCC=COCCCC(C)C(OCC)(OCC)OCC. The van der Waals surface area contributed by atoms with E-state index in [1.165, 1.54) is 0 Å². The Morgan fingerprint density at radius 3 is 1.95 bits per heavy atom. The van der Waals surface area contributed by atoms with Gasteiger partial charge in [-0.15, -0.1) is 0 Å².